The average molecular weight is 582 g/mol. The molecule has 2 aliphatic rings. The number of nitrogens with zero attached hydrogens (tertiary/aromatic N) is 5. The lowest BCUT2D eigenvalue weighted by Gasteiger charge is -2.46. The fourth-order valence-corrected chi connectivity index (χ4v) is 7.01. The van der Waals surface area contributed by atoms with E-state index in [1.165, 1.54) is 12.1 Å². The predicted molar refractivity (Wildman–Crippen MR) is 151 cm³/mol. The summed E-state index contributed by atoms with van der Waals surface area (Å²) < 4.78 is 46.1. The molecule has 42 heavy (non-hydrogen) atoms. The van der Waals surface area contributed by atoms with Gasteiger partial charge in [0.15, 0.2) is 0 Å². The summed E-state index contributed by atoms with van der Waals surface area (Å²) in [7, 11) is 1.82. The van der Waals surface area contributed by atoms with Gasteiger partial charge in [0.2, 0.25) is 5.91 Å². The molecule has 222 valence electrons. The number of benzene rings is 1. The molecule has 12 heteroatoms. The number of hydrogen-bond acceptors (Lipinski definition) is 5. The molecule has 1 aromatic carbocycles. The highest BCUT2D eigenvalue weighted by molar-refractivity contribution is 5.94. The van der Waals surface area contributed by atoms with Crippen LogP contribution in [-0.4, -0.2) is 48.2 Å². The second-order valence-corrected chi connectivity index (χ2v) is 12.3. The van der Waals surface area contributed by atoms with E-state index in [9.17, 15) is 22.8 Å². The molecule has 0 unspecified atom stereocenters. The Labute approximate surface area is 240 Å². The number of aryl methyl sites for hydroxylation is 1. The van der Waals surface area contributed by atoms with Gasteiger partial charge in [-0.15, -0.1) is 10.2 Å². The highest BCUT2D eigenvalue weighted by Crippen LogP contribution is 2.52. The molecule has 2 fully saturated rings. The van der Waals surface area contributed by atoms with Crippen molar-refractivity contribution < 1.29 is 18.0 Å². The molecule has 6 rings (SSSR count). The quantitative estimate of drug-likeness (QED) is 0.348. The van der Waals surface area contributed by atoms with Gasteiger partial charge in [0, 0.05) is 48.7 Å². The van der Waals surface area contributed by atoms with Crippen LogP contribution in [0.4, 0.5) is 13.2 Å². The number of hydrogen-bond donors (Lipinski definition) is 2. The largest absolute Gasteiger partial charge is 0.418 e. The first-order valence-corrected chi connectivity index (χ1v) is 14.2. The first-order chi connectivity index (χ1) is 19.9. The Bertz CT molecular complexity index is 1730. The number of halogens is 3. The fourth-order valence-electron chi connectivity index (χ4n) is 7.01. The molecule has 4 heterocycles. The number of pyridine rings is 1. The zero-order valence-electron chi connectivity index (χ0n) is 23.8. The van der Waals surface area contributed by atoms with Crippen molar-refractivity contribution in [1.29, 1.82) is 0 Å². The predicted octanol–water partition coefficient (Wildman–Crippen LogP) is 4.51. The lowest BCUT2D eigenvalue weighted by atomic mass is 9.58. The van der Waals surface area contributed by atoms with Crippen molar-refractivity contribution in [2.45, 2.75) is 57.7 Å². The Balaban J connectivity index is 1.52. The number of amides is 1. The standard InChI is InChI=1S/C30H34F3N7O2/c1-17-5-4-6-39(13-17)14-21-10-23-24(30(31,32)33)15-40(27(42)25(23)36-21)22-8-19(26(34)41)7-20(9-22)29(11-18(2)12-29)28-37-35-16-38(28)3/h7-10,15-18,36H,4-6,11-14H2,1-3H3,(H2,34,41)/t17-,18?,29?/m0/s1. The summed E-state index contributed by atoms with van der Waals surface area (Å²) >= 11 is 0. The number of piperidine rings is 1. The molecule has 0 bridgehead atoms. The Kier molecular flexibility index (Phi) is 6.79. The van der Waals surface area contributed by atoms with Crippen molar-refractivity contribution >= 4 is 16.8 Å². The number of likely N-dealkylation sites (tertiary alicyclic amines) is 1. The zero-order valence-corrected chi connectivity index (χ0v) is 23.8. The number of H-pyrrole nitrogens is 1. The summed E-state index contributed by atoms with van der Waals surface area (Å²) in [5, 5.41) is 8.19. The van der Waals surface area contributed by atoms with E-state index in [-0.39, 0.29) is 22.2 Å². The van der Waals surface area contributed by atoms with Crippen LogP contribution in [0.2, 0.25) is 0 Å². The third-order valence-corrected chi connectivity index (χ3v) is 8.86. The number of alkyl halides is 3. The van der Waals surface area contributed by atoms with Gasteiger partial charge in [-0.1, -0.05) is 13.8 Å². The van der Waals surface area contributed by atoms with Crippen LogP contribution in [0, 0.1) is 11.8 Å². The number of nitrogens with two attached hydrogens (primary N) is 1. The molecule has 0 spiro atoms. The second-order valence-electron chi connectivity index (χ2n) is 12.3. The molecule has 9 nitrogen and oxygen atoms in total. The van der Waals surface area contributed by atoms with E-state index in [1.54, 1.807) is 23.0 Å². The summed E-state index contributed by atoms with van der Waals surface area (Å²) in [5.41, 5.74) is 4.78. The van der Waals surface area contributed by atoms with Gasteiger partial charge in [0.25, 0.3) is 5.56 Å². The van der Waals surface area contributed by atoms with Crippen LogP contribution in [0.5, 0.6) is 0 Å². The minimum Gasteiger partial charge on any atom is -0.366 e. The van der Waals surface area contributed by atoms with Crippen LogP contribution < -0.4 is 11.3 Å². The maximum Gasteiger partial charge on any atom is 0.418 e. The summed E-state index contributed by atoms with van der Waals surface area (Å²) in [5.74, 6) is 0.773. The van der Waals surface area contributed by atoms with Gasteiger partial charge in [-0.25, -0.2) is 0 Å². The topological polar surface area (TPSA) is 115 Å². The SMILES string of the molecule is CC1CC(c2cc(C(N)=O)cc(-n3cc(C(F)(F)F)c4cc(CN5CCC[C@H](C)C5)[nH]c4c3=O)c2)(c2nncn2C)C1. The minimum atomic E-state index is -4.72. The highest BCUT2D eigenvalue weighted by atomic mass is 19.4. The monoisotopic (exact) mass is 581 g/mol. The van der Waals surface area contributed by atoms with Gasteiger partial charge < -0.3 is 15.3 Å². The van der Waals surface area contributed by atoms with Crippen molar-refractivity contribution in [3.63, 3.8) is 0 Å². The third-order valence-electron chi connectivity index (χ3n) is 8.86. The minimum absolute atomic E-state index is 0.0931. The van der Waals surface area contributed by atoms with Crippen LogP contribution in [0.1, 0.15) is 72.5 Å². The number of primary amides is 1. The van der Waals surface area contributed by atoms with Crippen molar-refractivity contribution in [3.05, 3.63) is 75.4 Å². The van der Waals surface area contributed by atoms with E-state index in [4.69, 9.17) is 5.73 Å². The maximum atomic E-state index is 14.4. The van der Waals surface area contributed by atoms with E-state index < -0.39 is 28.6 Å². The number of fused-ring (bicyclic) bond motifs is 1. The van der Waals surface area contributed by atoms with Gasteiger partial charge in [0.1, 0.15) is 17.7 Å². The molecule has 3 N–H and O–H groups in total. The Morgan fingerprint density at radius 1 is 1.17 bits per heavy atom. The smallest absolute Gasteiger partial charge is 0.366 e. The van der Waals surface area contributed by atoms with Gasteiger partial charge in [0.05, 0.1) is 11.0 Å². The molecule has 1 atom stereocenters. The Morgan fingerprint density at radius 2 is 1.93 bits per heavy atom. The summed E-state index contributed by atoms with van der Waals surface area (Å²) in [6.45, 7) is 6.38. The molecule has 1 saturated carbocycles. The number of aromatic nitrogens is 5. The van der Waals surface area contributed by atoms with Gasteiger partial charge in [-0.05, 0) is 73.9 Å². The zero-order chi connectivity index (χ0) is 30.0. The average Bonchev–Trinajstić information content (AvgIpc) is 3.52. The van der Waals surface area contributed by atoms with Crippen LogP contribution in [0.15, 0.2) is 41.6 Å². The van der Waals surface area contributed by atoms with Crippen LogP contribution in [0.25, 0.3) is 16.6 Å². The molecule has 1 aliphatic carbocycles. The highest BCUT2D eigenvalue weighted by Gasteiger charge is 2.48. The maximum absolute atomic E-state index is 14.4. The fraction of sp³-hybridized carbons (Fsp3) is 0.467. The molecular weight excluding hydrogens is 547 g/mol. The molecule has 0 radical (unpaired) electrons. The lowest BCUT2D eigenvalue weighted by molar-refractivity contribution is -0.136. The van der Waals surface area contributed by atoms with Crippen molar-refractivity contribution in [1.82, 2.24) is 29.2 Å². The van der Waals surface area contributed by atoms with E-state index in [2.05, 4.69) is 33.9 Å². The molecule has 4 aromatic rings. The van der Waals surface area contributed by atoms with Gasteiger partial charge in [-0.2, -0.15) is 13.2 Å². The first kappa shape index (κ1) is 28.2. The number of aromatic amines is 1. The summed E-state index contributed by atoms with van der Waals surface area (Å²) in [6.07, 6.45) is 1.22. The summed E-state index contributed by atoms with van der Waals surface area (Å²) in [4.78, 5) is 31.5. The number of nitrogens with one attached hydrogen (secondary N) is 1. The first-order valence-electron chi connectivity index (χ1n) is 14.2. The van der Waals surface area contributed by atoms with Crippen molar-refractivity contribution in [2.75, 3.05) is 13.1 Å². The van der Waals surface area contributed by atoms with E-state index in [0.29, 0.717) is 48.3 Å². The summed E-state index contributed by atoms with van der Waals surface area (Å²) in [6, 6.07) is 6.12. The molecule has 3 aromatic heterocycles. The Morgan fingerprint density at radius 3 is 2.55 bits per heavy atom. The van der Waals surface area contributed by atoms with Gasteiger partial charge >= 0.3 is 6.18 Å². The normalized spacial score (nSPS) is 23.3. The lowest BCUT2D eigenvalue weighted by Crippen LogP contribution is -2.43. The number of carbonyl (C=O) groups is 1. The molecule has 1 saturated heterocycles. The third kappa shape index (κ3) is 4.81. The number of carbonyl (C=O) groups excluding carboxylic acids is 1. The van der Waals surface area contributed by atoms with Crippen molar-refractivity contribution in [3.8, 4) is 5.69 Å². The van der Waals surface area contributed by atoms with E-state index >= 15 is 0 Å². The van der Waals surface area contributed by atoms with E-state index in [0.717, 1.165) is 36.7 Å². The molecular formula is C30H34F3N7O2. The van der Waals surface area contributed by atoms with Crippen LogP contribution in [0.3, 0.4) is 0 Å². The molecule has 1 aliphatic heterocycles. The van der Waals surface area contributed by atoms with Gasteiger partial charge in [-0.3, -0.25) is 19.1 Å². The van der Waals surface area contributed by atoms with Crippen molar-refractivity contribution in [2.24, 2.45) is 24.6 Å². The Hall–Kier alpha value is -3.93. The molecule has 1 amide bonds. The number of rotatable bonds is 6. The van der Waals surface area contributed by atoms with Crippen LogP contribution in [-0.2, 0) is 25.2 Å². The van der Waals surface area contributed by atoms with Crippen LogP contribution >= 0.6 is 0 Å². The second kappa shape index (κ2) is 10.1. The van der Waals surface area contributed by atoms with E-state index in [1.807, 2.05) is 7.05 Å².